The topological polar surface area (TPSA) is 46.6 Å². The van der Waals surface area contributed by atoms with Crippen LogP contribution in [-0.4, -0.2) is 24.8 Å². The zero-order valence-electron chi connectivity index (χ0n) is 13.1. The number of carbonyl (C=O) groups is 2. The van der Waals surface area contributed by atoms with Gasteiger partial charge in [0.15, 0.2) is 6.29 Å². The van der Waals surface area contributed by atoms with Gasteiger partial charge in [-0.2, -0.15) is 0 Å². The third kappa shape index (κ3) is 3.11. The Balaban J connectivity index is 1.76. The molecule has 0 saturated carbocycles. The molecular formula is C19H19NO3. The van der Waals surface area contributed by atoms with Crippen LogP contribution in [0, 0.1) is 6.92 Å². The minimum Gasteiger partial charge on any atom is -0.491 e. The van der Waals surface area contributed by atoms with E-state index < -0.39 is 0 Å². The molecule has 3 rings (SSSR count). The number of anilines is 1. The van der Waals surface area contributed by atoms with Crippen molar-refractivity contribution in [1.82, 2.24) is 0 Å². The minimum absolute atomic E-state index is 0.00934. The number of carbonyl (C=O) groups excluding carboxylic acids is 2. The van der Waals surface area contributed by atoms with Crippen LogP contribution in [-0.2, 0) is 4.79 Å². The summed E-state index contributed by atoms with van der Waals surface area (Å²) in [6.45, 7) is 2.26. The molecule has 0 radical (unpaired) electrons. The molecule has 1 amide bonds. The summed E-state index contributed by atoms with van der Waals surface area (Å²) < 4.78 is 5.87. The molecule has 2 aromatic rings. The Morgan fingerprint density at radius 1 is 1.17 bits per heavy atom. The fourth-order valence-corrected chi connectivity index (χ4v) is 2.96. The van der Waals surface area contributed by atoms with E-state index in [0.29, 0.717) is 24.3 Å². The van der Waals surface area contributed by atoms with Crippen molar-refractivity contribution in [3.63, 3.8) is 0 Å². The van der Waals surface area contributed by atoms with Gasteiger partial charge in [0, 0.05) is 12.1 Å². The maximum absolute atomic E-state index is 12.2. The predicted molar refractivity (Wildman–Crippen MR) is 89.0 cm³/mol. The molecule has 0 spiro atoms. The molecular weight excluding hydrogens is 290 g/mol. The first-order chi connectivity index (χ1) is 11.2. The second-order valence-electron chi connectivity index (χ2n) is 5.71. The first kappa shape index (κ1) is 15.3. The van der Waals surface area contributed by atoms with E-state index in [-0.39, 0.29) is 11.9 Å². The molecule has 0 aliphatic carbocycles. The molecule has 23 heavy (non-hydrogen) atoms. The number of para-hydroxylation sites is 1. The normalized spacial score (nSPS) is 17.3. The van der Waals surface area contributed by atoms with Crippen LogP contribution in [0.5, 0.6) is 5.75 Å². The van der Waals surface area contributed by atoms with E-state index in [1.54, 1.807) is 11.0 Å². The average Bonchev–Trinajstić information content (AvgIpc) is 2.94. The molecule has 1 aliphatic rings. The summed E-state index contributed by atoms with van der Waals surface area (Å²) in [5.41, 5.74) is 2.35. The second-order valence-corrected chi connectivity index (χ2v) is 5.71. The lowest BCUT2D eigenvalue weighted by molar-refractivity contribution is -0.117. The van der Waals surface area contributed by atoms with Crippen molar-refractivity contribution in [3.8, 4) is 5.75 Å². The average molecular weight is 309 g/mol. The Morgan fingerprint density at radius 3 is 2.70 bits per heavy atom. The Kier molecular flexibility index (Phi) is 4.42. The zero-order valence-corrected chi connectivity index (χ0v) is 13.1. The van der Waals surface area contributed by atoms with Gasteiger partial charge in [0.25, 0.3) is 0 Å². The highest BCUT2D eigenvalue weighted by Gasteiger charge is 2.32. The lowest BCUT2D eigenvalue weighted by Gasteiger charge is -2.25. The van der Waals surface area contributed by atoms with Gasteiger partial charge in [0.05, 0.1) is 11.6 Å². The van der Waals surface area contributed by atoms with Crippen LogP contribution in [0.1, 0.15) is 28.8 Å². The Morgan fingerprint density at radius 2 is 1.96 bits per heavy atom. The van der Waals surface area contributed by atoms with Crippen molar-refractivity contribution in [2.24, 2.45) is 0 Å². The van der Waals surface area contributed by atoms with Gasteiger partial charge in [0.1, 0.15) is 12.4 Å². The van der Waals surface area contributed by atoms with Crippen molar-refractivity contribution in [3.05, 3.63) is 59.7 Å². The third-order valence-corrected chi connectivity index (χ3v) is 4.19. The number of benzene rings is 2. The van der Waals surface area contributed by atoms with Gasteiger partial charge < -0.3 is 9.64 Å². The van der Waals surface area contributed by atoms with E-state index in [9.17, 15) is 9.59 Å². The first-order valence-electron chi connectivity index (χ1n) is 7.75. The molecule has 2 aromatic carbocycles. The summed E-state index contributed by atoms with van der Waals surface area (Å²) in [4.78, 5) is 25.2. The Hall–Kier alpha value is -2.62. The SMILES string of the molecule is Cc1cccc(OC[C@@H]2CCC(=O)N2c2ccccc2)c1C=O. The maximum atomic E-state index is 12.2. The van der Waals surface area contributed by atoms with Crippen molar-refractivity contribution in [2.45, 2.75) is 25.8 Å². The lowest BCUT2D eigenvalue weighted by atomic mass is 10.1. The molecule has 4 heteroatoms. The summed E-state index contributed by atoms with van der Waals surface area (Å²) >= 11 is 0. The largest absolute Gasteiger partial charge is 0.491 e. The molecule has 118 valence electrons. The van der Waals surface area contributed by atoms with Gasteiger partial charge in [0.2, 0.25) is 5.91 Å². The molecule has 0 unspecified atom stereocenters. The quantitative estimate of drug-likeness (QED) is 0.795. The Bertz CT molecular complexity index is 712. The van der Waals surface area contributed by atoms with E-state index in [2.05, 4.69) is 0 Å². The molecule has 0 N–H and O–H groups in total. The van der Waals surface area contributed by atoms with Crippen LogP contribution in [0.15, 0.2) is 48.5 Å². The van der Waals surface area contributed by atoms with Crippen molar-refractivity contribution in [1.29, 1.82) is 0 Å². The molecule has 1 aliphatic heterocycles. The van der Waals surface area contributed by atoms with Crippen molar-refractivity contribution < 1.29 is 14.3 Å². The van der Waals surface area contributed by atoms with Crippen LogP contribution < -0.4 is 9.64 Å². The Labute approximate surface area is 135 Å². The fraction of sp³-hybridized carbons (Fsp3) is 0.263. The summed E-state index contributed by atoms with van der Waals surface area (Å²) in [5, 5.41) is 0. The van der Waals surface area contributed by atoms with E-state index in [4.69, 9.17) is 4.74 Å². The summed E-state index contributed by atoms with van der Waals surface area (Å²) in [6.07, 6.45) is 2.10. The summed E-state index contributed by atoms with van der Waals surface area (Å²) in [7, 11) is 0. The van der Waals surface area contributed by atoms with Gasteiger partial charge in [-0.3, -0.25) is 9.59 Å². The predicted octanol–water partition coefficient (Wildman–Crippen LogP) is 3.38. The van der Waals surface area contributed by atoms with E-state index >= 15 is 0 Å². The first-order valence-corrected chi connectivity index (χ1v) is 7.75. The molecule has 0 bridgehead atoms. The molecule has 0 aromatic heterocycles. The van der Waals surface area contributed by atoms with Gasteiger partial charge in [-0.1, -0.05) is 30.3 Å². The highest BCUT2D eigenvalue weighted by molar-refractivity contribution is 5.96. The van der Waals surface area contributed by atoms with Crippen LogP contribution in [0.25, 0.3) is 0 Å². The lowest BCUT2D eigenvalue weighted by Crippen LogP contribution is -2.37. The van der Waals surface area contributed by atoms with Crippen LogP contribution >= 0.6 is 0 Å². The number of rotatable bonds is 5. The fourth-order valence-electron chi connectivity index (χ4n) is 2.96. The molecule has 4 nitrogen and oxygen atoms in total. The number of hydrogen-bond donors (Lipinski definition) is 0. The molecule has 1 atom stereocenters. The molecule has 1 saturated heterocycles. The van der Waals surface area contributed by atoms with E-state index in [0.717, 1.165) is 24.0 Å². The molecule has 1 fully saturated rings. The monoisotopic (exact) mass is 309 g/mol. The number of hydrogen-bond acceptors (Lipinski definition) is 3. The zero-order chi connectivity index (χ0) is 16.2. The van der Waals surface area contributed by atoms with Gasteiger partial charge in [-0.15, -0.1) is 0 Å². The number of amides is 1. The molecule has 1 heterocycles. The summed E-state index contributed by atoms with van der Waals surface area (Å²) in [6, 6.07) is 15.2. The highest BCUT2D eigenvalue weighted by Crippen LogP contribution is 2.28. The smallest absolute Gasteiger partial charge is 0.227 e. The number of ether oxygens (including phenoxy) is 1. The van der Waals surface area contributed by atoms with Crippen LogP contribution in [0.4, 0.5) is 5.69 Å². The van der Waals surface area contributed by atoms with Crippen molar-refractivity contribution in [2.75, 3.05) is 11.5 Å². The van der Waals surface area contributed by atoms with Gasteiger partial charge in [-0.05, 0) is 37.1 Å². The van der Waals surface area contributed by atoms with Gasteiger partial charge in [-0.25, -0.2) is 0 Å². The third-order valence-electron chi connectivity index (χ3n) is 4.19. The van der Waals surface area contributed by atoms with Gasteiger partial charge >= 0.3 is 0 Å². The van der Waals surface area contributed by atoms with Crippen molar-refractivity contribution >= 4 is 17.9 Å². The maximum Gasteiger partial charge on any atom is 0.227 e. The van der Waals surface area contributed by atoms with Crippen LogP contribution in [0.3, 0.4) is 0 Å². The van der Waals surface area contributed by atoms with E-state index in [1.165, 1.54) is 0 Å². The second kappa shape index (κ2) is 6.65. The number of nitrogens with zero attached hydrogens (tertiary/aromatic N) is 1. The van der Waals surface area contributed by atoms with E-state index in [1.807, 2.05) is 49.4 Å². The number of aryl methyl sites for hydroxylation is 1. The minimum atomic E-state index is -0.00934. The highest BCUT2D eigenvalue weighted by atomic mass is 16.5. The summed E-state index contributed by atoms with van der Waals surface area (Å²) in [5.74, 6) is 0.692. The standard InChI is InChI=1S/C19H19NO3/c1-14-6-5-9-18(17(14)12-21)23-13-16-10-11-19(22)20(16)15-7-3-2-4-8-15/h2-9,12,16H,10-11,13H2,1H3/t16-/m0/s1. The van der Waals surface area contributed by atoms with Crippen LogP contribution in [0.2, 0.25) is 0 Å². The number of aldehydes is 1.